The van der Waals surface area contributed by atoms with E-state index in [1.54, 1.807) is 0 Å². The van der Waals surface area contributed by atoms with Crippen LogP contribution in [0.1, 0.15) is 44.9 Å². The highest BCUT2D eigenvalue weighted by molar-refractivity contribution is 4.97. The number of hydrogen-bond acceptors (Lipinski definition) is 3. The van der Waals surface area contributed by atoms with E-state index in [1.807, 2.05) is 0 Å². The van der Waals surface area contributed by atoms with Crippen LogP contribution in [0.3, 0.4) is 0 Å². The third-order valence-electron chi connectivity index (χ3n) is 4.79. The van der Waals surface area contributed by atoms with Crippen LogP contribution in [0, 0.1) is 11.3 Å². The van der Waals surface area contributed by atoms with Crippen molar-refractivity contribution in [2.75, 3.05) is 19.8 Å². The Morgan fingerprint density at radius 1 is 1.12 bits per heavy atom. The van der Waals surface area contributed by atoms with Crippen molar-refractivity contribution in [3.05, 3.63) is 0 Å². The molecule has 3 rings (SSSR count). The molecule has 0 unspecified atom stereocenters. The van der Waals surface area contributed by atoms with Gasteiger partial charge in [-0.1, -0.05) is 0 Å². The third kappa shape index (κ3) is 1.79. The van der Waals surface area contributed by atoms with Crippen molar-refractivity contribution in [2.24, 2.45) is 11.3 Å². The first-order chi connectivity index (χ1) is 7.76. The van der Waals surface area contributed by atoms with Gasteiger partial charge in [-0.15, -0.1) is 0 Å². The molecule has 92 valence electrons. The molecule has 1 aliphatic heterocycles. The number of hydrogen-bond donors (Lipinski definition) is 1. The second-order valence-electron chi connectivity index (χ2n) is 5.93. The lowest BCUT2D eigenvalue weighted by Gasteiger charge is -2.43. The zero-order chi connectivity index (χ0) is 11.1. The molecule has 3 aliphatic rings. The quantitative estimate of drug-likeness (QED) is 0.744. The van der Waals surface area contributed by atoms with Gasteiger partial charge >= 0.3 is 0 Å². The van der Waals surface area contributed by atoms with Gasteiger partial charge in [-0.05, 0) is 43.4 Å². The summed E-state index contributed by atoms with van der Waals surface area (Å²) in [6.07, 6.45) is 8.28. The lowest BCUT2D eigenvalue weighted by atomic mass is 9.70. The Bertz CT molecular complexity index is 260. The molecule has 3 nitrogen and oxygen atoms in total. The summed E-state index contributed by atoms with van der Waals surface area (Å²) in [5, 5.41) is 9.27. The Morgan fingerprint density at radius 3 is 2.62 bits per heavy atom. The predicted molar refractivity (Wildman–Crippen MR) is 60.0 cm³/mol. The van der Waals surface area contributed by atoms with E-state index in [9.17, 15) is 5.11 Å². The maximum absolute atomic E-state index is 9.27. The van der Waals surface area contributed by atoms with Crippen molar-refractivity contribution in [3.8, 4) is 0 Å². The Balaban J connectivity index is 1.72. The third-order valence-corrected chi connectivity index (χ3v) is 4.79. The molecule has 1 heterocycles. The molecule has 0 aromatic heterocycles. The normalized spacial score (nSPS) is 42.2. The van der Waals surface area contributed by atoms with Crippen molar-refractivity contribution >= 4 is 0 Å². The highest BCUT2D eigenvalue weighted by Crippen LogP contribution is 2.55. The summed E-state index contributed by atoms with van der Waals surface area (Å²) in [6, 6.07) is 0. The summed E-state index contributed by atoms with van der Waals surface area (Å²) >= 11 is 0. The molecule has 1 saturated heterocycles. The molecule has 3 heteroatoms. The van der Waals surface area contributed by atoms with Gasteiger partial charge in [-0.2, -0.15) is 0 Å². The van der Waals surface area contributed by atoms with E-state index in [0.717, 1.165) is 26.1 Å². The Hall–Kier alpha value is -0.120. The monoisotopic (exact) mass is 226 g/mol. The molecule has 16 heavy (non-hydrogen) atoms. The Morgan fingerprint density at radius 2 is 1.94 bits per heavy atom. The molecular formula is C13H22O3. The molecule has 0 amide bonds. The van der Waals surface area contributed by atoms with Crippen molar-refractivity contribution in [1.82, 2.24) is 0 Å². The van der Waals surface area contributed by atoms with E-state index in [4.69, 9.17) is 9.47 Å². The maximum atomic E-state index is 9.27. The molecule has 0 aromatic rings. The topological polar surface area (TPSA) is 38.7 Å². The summed E-state index contributed by atoms with van der Waals surface area (Å²) in [5.41, 5.74) is 0.413. The summed E-state index contributed by atoms with van der Waals surface area (Å²) in [4.78, 5) is 0. The standard InChI is InChI=1S/C13H22O3/c14-9-11-2-5-12(8-11)3-1-4-13(10-12)15-6-7-16-13/h11,14H,1-10H2/t11-,12-/m1/s1. The number of aliphatic hydroxyl groups is 1. The first-order valence-corrected chi connectivity index (χ1v) is 6.65. The average molecular weight is 226 g/mol. The van der Waals surface area contributed by atoms with Gasteiger partial charge in [-0.25, -0.2) is 0 Å². The molecule has 0 radical (unpaired) electrons. The molecule has 2 spiro atoms. The van der Waals surface area contributed by atoms with Crippen LogP contribution in [0.4, 0.5) is 0 Å². The summed E-state index contributed by atoms with van der Waals surface area (Å²) in [7, 11) is 0. The van der Waals surface area contributed by atoms with E-state index < -0.39 is 0 Å². The van der Waals surface area contributed by atoms with E-state index in [-0.39, 0.29) is 5.79 Å². The van der Waals surface area contributed by atoms with Crippen LogP contribution in [-0.4, -0.2) is 30.7 Å². The number of aliphatic hydroxyl groups excluding tert-OH is 1. The van der Waals surface area contributed by atoms with Crippen molar-refractivity contribution in [2.45, 2.75) is 50.7 Å². The second kappa shape index (κ2) is 3.97. The minimum atomic E-state index is -0.247. The number of ether oxygens (including phenoxy) is 2. The van der Waals surface area contributed by atoms with Crippen LogP contribution in [0.25, 0.3) is 0 Å². The lowest BCUT2D eigenvalue weighted by Crippen LogP contribution is -2.41. The van der Waals surface area contributed by atoms with Crippen LogP contribution >= 0.6 is 0 Å². The fraction of sp³-hybridized carbons (Fsp3) is 1.00. The minimum absolute atomic E-state index is 0.247. The SMILES string of the molecule is OC[C@@H]1CC[C@]2(CCCC3(C2)OCCO3)C1. The summed E-state index contributed by atoms with van der Waals surface area (Å²) in [6.45, 7) is 1.88. The molecule has 2 aliphatic carbocycles. The van der Waals surface area contributed by atoms with Gasteiger partial charge < -0.3 is 14.6 Å². The highest BCUT2D eigenvalue weighted by atomic mass is 16.7. The fourth-order valence-electron chi connectivity index (χ4n) is 4.09. The van der Waals surface area contributed by atoms with Crippen molar-refractivity contribution < 1.29 is 14.6 Å². The molecular weight excluding hydrogens is 204 g/mol. The Labute approximate surface area is 97.1 Å². The van der Waals surface area contributed by atoms with Gasteiger partial charge in [0.1, 0.15) is 0 Å². The second-order valence-corrected chi connectivity index (χ2v) is 5.93. The molecule has 1 N–H and O–H groups in total. The van der Waals surface area contributed by atoms with Gasteiger partial charge in [-0.3, -0.25) is 0 Å². The zero-order valence-corrected chi connectivity index (χ0v) is 9.91. The predicted octanol–water partition coefficient (Wildman–Crippen LogP) is 2.08. The van der Waals surface area contributed by atoms with Crippen LogP contribution in [0.5, 0.6) is 0 Å². The van der Waals surface area contributed by atoms with Crippen molar-refractivity contribution in [1.29, 1.82) is 0 Å². The largest absolute Gasteiger partial charge is 0.396 e. The molecule has 2 saturated carbocycles. The molecule has 0 bridgehead atoms. The van der Waals surface area contributed by atoms with E-state index in [0.29, 0.717) is 17.9 Å². The Kier molecular flexibility index (Phi) is 2.73. The van der Waals surface area contributed by atoms with E-state index >= 15 is 0 Å². The maximum Gasteiger partial charge on any atom is 0.169 e. The first kappa shape index (κ1) is 11.0. The average Bonchev–Trinajstić information content (AvgIpc) is 2.87. The molecule has 3 fully saturated rings. The van der Waals surface area contributed by atoms with Crippen LogP contribution < -0.4 is 0 Å². The van der Waals surface area contributed by atoms with Crippen LogP contribution in [0.15, 0.2) is 0 Å². The van der Waals surface area contributed by atoms with Gasteiger partial charge in [0.15, 0.2) is 5.79 Å². The van der Waals surface area contributed by atoms with Crippen LogP contribution in [0.2, 0.25) is 0 Å². The summed E-state index contributed by atoms with van der Waals surface area (Å²) < 4.78 is 11.7. The first-order valence-electron chi connectivity index (χ1n) is 6.65. The van der Waals surface area contributed by atoms with Gasteiger partial charge in [0.25, 0.3) is 0 Å². The zero-order valence-electron chi connectivity index (χ0n) is 9.91. The van der Waals surface area contributed by atoms with Gasteiger partial charge in [0.05, 0.1) is 13.2 Å². The fourth-order valence-corrected chi connectivity index (χ4v) is 4.09. The lowest BCUT2D eigenvalue weighted by molar-refractivity contribution is -0.201. The molecule has 0 aromatic carbocycles. The number of rotatable bonds is 1. The van der Waals surface area contributed by atoms with Crippen molar-refractivity contribution in [3.63, 3.8) is 0 Å². The van der Waals surface area contributed by atoms with E-state index in [1.165, 1.54) is 32.1 Å². The van der Waals surface area contributed by atoms with Gasteiger partial charge in [0, 0.05) is 19.4 Å². The summed E-state index contributed by atoms with van der Waals surface area (Å²) in [5.74, 6) is 0.277. The highest BCUT2D eigenvalue weighted by Gasteiger charge is 2.50. The smallest absolute Gasteiger partial charge is 0.169 e. The molecule has 2 atom stereocenters. The van der Waals surface area contributed by atoms with Crippen LogP contribution in [-0.2, 0) is 9.47 Å². The van der Waals surface area contributed by atoms with Gasteiger partial charge in [0.2, 0.25) is 0 Å². The van der Waals surface area contributed by atoms with E-state index in [2.05, 4.69) is 0 Å². The minimum Gasteiger partial charge on any atom is -0.396 e.